The fourth-order valence-corrected chi connectivity index (χ4v) is 8.67. The summed E-state index contributed by atoms with van der Waals surface area (Å²) in [6.45, 7) is -0.677. The van der Waals surface area contributed by atoms with E-state index in [-0.39, 0.29) is 40.2 Å². The molecule has 0 aromatic heterocycles. The first kappa shape index (κ1) is 40.5. The number of hydrogen-bond acceptors (Lipinski definition) is 14. The average molecular weight is 843 g/mol. The minimum atomic E-state index is -1.73. The molecule has 62 heavy (non-hydrogen) atoms. The van der Waals surface area contributed by atoms with Crippen LogP contribution in [0.4, 0.5) is 0 Å². The quantitative estimate of drug-likeness (QED) is 0.0775. The Balaban J connectivity index is 1.23. The molecule has 6 aromatic rings. The first-order valence-electron chi connectivity index (χ1n) is 19.8. The van der Waals surface area contributed by atoms with E-state index in [0.717, 1.165) is 5.56 Å². The first-order chi connectivity index (χ1) is 29.8. The molecule has 0 aliphatic carbocycles. The molecule has 6 aromatic carbocycles. The normalized spacial score (nSPS) is 25.2. The summed E-state index contributed by atoms with van der Waals surface area (Å²) in [7, 11) is 0. The lowest BCUT2D eigenvalue weighted by Crippen LogP contribution is -2.60. The summed E-state index contributed by atoms with van der Waals surface area (Å²) in [5.41, 5.74) is 4.84. The molecule has 3 aliphatic rings. The van der Waals surface area contributed by atoms with Crippen LogP contribution >= 0.6 is 0 Å². The largest absolute Gasteiger partial charge is 0.508 e. The van der Waals surface area contributed by atoms with Gasteiger partial charge in [-0.05, 0) is 94.0 Å². The Morgan fingerprint density at radius 2 is 1.05 bits per heavy atom. The van der Waals surface area contributed by atoms with Gasteiger partial charge in [0.05, 0.1) is 18.4 Å². The number of ether oxygens (including phenoxy) is 4. The highest BCUT2D eigenvalue weighted by Gasteiger charge is 2.47. The molecule has 9 rings (SSSR count). The van der Waals surface area contributed by atoms with Gasteiger partial charge in [0.15, 0.2) is 0 Å². The Bertz CT molecular complexity index is 2630. The van der Waals surface area contributed by atoms with Crippen molar-refractivity contribution >= 4 is 12.2 Å². The van der Waals surface area contributed by atoms with Gasteiger partial charge in [-0.1, -0.05) is 48.6 Å². The number of aliphatic hydroxyl groups is 4. The number of aliphatic hydroxyl groups excluding tert-OH is 4. The highest BCUT2D eigenvalue weighted by Crippen LogP contribution is 2.60. The Morgan fingerprint density at radius 3 is 1.66 bits per heavy atom. The molecule has 10 N–H and O–H groups in total. The fourth-order valence-electron chi connectivity index (χ4n) is 8.67. The third-order valence-electron chi connectivity index (χ3n) is 11.6. The zero-order chi connectivity index (χ0) is 43.4. The molecular formula is C48H42O14. The number of phenols is 6. The van der Waals surface area contributed by atoms with Crippen LogP contribution in [0.15, 0.2) is 115 Å². The number of aromatic hydroxyl groups is 6. The van der Waals surface area contributed by atoms with Crippen LogP contribution in [0.5, 0.6) is 51.7 Å². The van der Waals surface area contributed by atoms with Crippen molar-refractivity contribution in [3.63, 3.8) is 0 Å². The summed E-state index contributed by atoms with van der Waals surface area (Å²) in [4.78, 5) is 0. The molecule has 14 nitrogen and oxygen atoms in total. The van der Waals surface area contributed by atoms with Crippen LogP contribution in [0.2, 0.25) is 0 Å². The molecule has 3 aliphatic heterocycles. The maximum absolute atomic E-state index is 11.5. The van der Waals surface area contributed by atoms with Crippen molar-refractivity contribution in [2.24, 2.45) is 0 Å². The average Bonchev–Trinajstić information content (AvgIpc) is 3.83. The lowest BCUT2D eigenvalue weighted by atomic mass is 9.75. The maximum Gasteiger partial charge on any atom is 0.229 e. The van der Waals surface area contributed by atoms with Gasteiger partial charge < -0.3 is 70.0 Å². The number of benzene rings is 6. The number of fused-ring (bicyclic) bond motifs is 2. The van der Waals surface area contributed by atoms with Crippen LogP contribution < -0.4 is 14.2 Å². The van der Waals surface area contributed by atoms with Gasteiger partial charge >= 0.3 is 0 Å². The number of hydrogen-bond donors (Lipinski definition) is 10. The van der Waals surface area contributed by atoms with E-state index in [9.17, 15) is 51.1 Å². The zero-order valence-electron chi connectivity index (χ0n) is 32.6. The van der Waals surface area contributed by atoms with Gasteiger partial charge in [-0.3, -0.25) is 0 Å². The number of phenolic OH excluding ortho intramolecular Hbond substituents is 6. The minimum Gasteiger partial charge on any atom is -0.508 e. The summed E-state index contributed by atoms with van der Waals surface area (Å²) >= 11 is 0. The van der Waals surface area contributed by atoms with Crippen molar-refractivity contribution in [3.05, 3.63) is 160 Å². The molecule has 1 fully saturated rings. The van der Waals surface area contributed by atoms with E-state index in [1.54, 1.807) is 66.7 Å². The summed E-state index contributed by atoms with van der Waals surface area (Å²) in [6.07, 6.45) is -5.87. The minimum absolute atomic E-state index is 0.00351. The van der Waals surface area contributed by atoms with E-state index < -0.39 is 61.4 Å². The molecule has 9 atom stereocenters. The van der Waals surface area contributed by atoms with Crippen LogP contribution in [-0.4, -0.2) is 88.4 Å². The molecule has 318 valence electrons. The molecule has 0 radical (unpaired) electrons. The molecule has 0 saturated carbocycles. The molecule has 0 spiro atoms. The molecule has 1 saturated heterocycles. The van der Waals surface area contributed by atoms with Crippen LogP contribution in [0, 0.1) is 0 Å². The number of rotatable bonds is 9. The van der Waals surface area contributed by atoms with Gasteiger partial charge in [0.25, 0.3) is 0 Å². The fraction of sp³-hybridized carbons (Fsp3) is 0.208. The third kappa shape index (κ3) is 7.54. The van der Waals surface area contributed by atoms with Gasteiger partial charge in [0.1, 0.15) is 88.4 Å². The Kier molecular flexibility index (Phi) is 10.5. The molecule has 3 heterocycles. The predicted molar refractivity (Wildman–Crippen MR) is 222 cm³/mol. The lowest BCUT2D eigenvalue weighted by Gasteiger charge is -2.39. The lowest BCUT2D eigenvalue weighted by molar-refractivity contribution is -0.277. The predicted octanol–water partition coefficient (Wildman–Crippen LogP) is 5.80. The topological polar surface area (TPSA) is 239 Å². The summed E-state index contributed by atoms with van der Waals surface area (Å²) in [5, 5.41) is 106. The maximum atomic E-state index is 11.5. The standard InChI is InChI=1S/C48H42O14/c49-22-38-43(56)44(57)45(58)48(62-38)59-34-17-27(16-31(53)18-34)40-41-35(19-33(55)21-37(41)61-46(40)24-5-11-29(51)12-6-24)42-39-26(4-1-23-2-9-28(50)10-3-23)15-32(54)20-36(39)60-47(42)25-7-13-30(52)14-8-25/h1-21,38,40,42-58H,22H2/t38-,40-,42+,43-,44+,45-,46+,47-,48-/m1/s1. The van der Waals surface area contributed by atoms with Crippen molar-refractivity contribution in [2.75, 3.05) is 6.61 Å². The van der Waals surface area contributed by atoms with E-state index in [2.05, 4.69) is 0 Å². The van der Waals surface area contributed by atoms with Crippen LogP contribution in [0.3, 0.4) is 0 Å². The van der Waals surface area contributed by atoms with Gasteiger partial charge in [-0.25, -0.2) is 0 Å². The van der Waals surface area contributed by atoms with Crippen LogP contribution in [0.1, 0.15) is 68.6 Å². The smallest absolute Gasteiger partial charge is 0.229 e. The first-order valence-corrected chi connectivity index (χ1v) is 19.8. The van der Waals surface area contributed by atoms with Crippen molar-refractivity contribution < 1.29 is 70.0 Å². The molecule has 0 amide bonds. The van der Waals surface area contributed by atoms with Crippen LogP contribution in [-0.2, 0) is 4.74 Å². The molecule has 14 heteroatoms. The SMILES string of the molecule is OC[C@H]1O[C@@H](Oc2cc(O)cc([C@@H]3c4c(cc(O)cc4[C@H]4c5c(C=Cc6ccc(O)cc6)cc(O)cc5O[C@@H]4c4ccc(O)cc4)O[C@H]3c3ccc(O)cc3)c2)[C@H](O)[C@@H](O)[C@@H]1O. The third-order valence-corrected chi connectivity index (χ3v) is 11.6. The molecule has 0 unspecified atom stereocenters. The summed E-state index contributed by atoms with van der Waals surface area (Å²) in [6, 6.07) is 30.1. The highest BCUT2D eigenvalue weighted by molar-refractivity contribution is 5.76. The highest BCUT2D eigenvalue weighted by atomic mass is 16.7. The Hall–Kier alpha value is -6.94. The second kappa shape index (κ2) is 16.2. The van der Waals surface area contributed by atoms with Gasteiger partial charge in [0, 0.05) is 29.3 Å². The molecule has 0 bridgehead atoms. The van der Waals surface area contributed by atoms with Gasteiger partial charge in [0.2, 0.25) is 6.29 Å². The van der Waals surface area contributed by atoms with Crippen molar-refractivity contribution in [1.82, 2.24) is 0 Å². The van der Waals surface area contributed by atoms with E-state index in [1.807, 2.05) is 12.2 Å². The molecular weight excluding hydrogens is 801 g/mol. The Morgan fingerprint density at radius 1 is 0.500 bits per heavy atom. The van der Waals surface area contributed by atoms with Gasteiger partial charge in [-0.15, -0.1) is 0 Å². The van der Waals surface area contributed by atoms with Gasteiger partial charge in [-0.2, -0.15) is 0 Å². The van der Waals surface area contributed by atoms with E-state index in [1.165, 1.54) is 48.5 Å². The monoisotopic (exact) mass is 842 g/mol. The second-order valence-corrected chi connectivity index (χ2v) is 15.6. The second-order valence-electron chi connectivity index (χ2n) is 15.6. The summed E-state index contributed by atoms with van der Waals surface area (Å²) < 4.78 is 25.1. The summed E-state index contributed by atoms with van der Waals surface area (Å²) in [5.74, 6) is -1.17. The van der Waals surface area contributed by atoms with E-state index >= 15 is 0 Å². The van der Waals surface area contributed by atoms with Crippen molar-refractivity contribution in [1.29, 1.82) is 0 Å². The zero-order valence-corrected chi connectivity index (χ0v) is 32.6. The van der Waals surface area contributed by atoms with E-state index in [0.29, 0.717) is 50.4 Å². The van der Waals surface area contributed by atoms with Crippen molar-refractivity contribution in [3.8, 4) is 51.7 Å². The van der Waals surface area contributed by atoms with E-state index in [4.69, 9.17) is 18.9 Å². The van der Waals surface area contributed by atoms with Crippen LogP contribution in [0.25, 0.3) is 12.2 Å². The van der Waals surface area contributed by atoms with Crippen molar-refractivity contribution in [2.45, 2.75) is 54.7 Å². The Labute approximate surface area is 354 Å².